The number of dihydropyridines is 1. The molecule has 0 aromatic heterocycles. The van der Waals surface area contributed by atoms with Gasteiger partial charge in [0.25, 0.3) is 0 Å². The van der Waals surface area contributed by atoms with Crippen LogP contribution in [0.2, 0.25) is 0 Å². The Balaban J connectivity index is 2.17. The molecule has 0 aromatic rings. The zero-order valence-electron chi connectivity index (χ0n) is 8.48. The highest BCUT2D eigenvalue weighted by Gasteiger charge is 2.07. The second-order valence-electron chi connectivity index (χ2n) is 3.74. The second kappa shape index (κ2) is 4.23. The number of rotatable bonds is 1. The molecule has 1 atom stereocenters. The minimum Gasteiger partial charge on any atom is -0.284 e. The van der Waals surface area contributed by atoms with Gasteiger partial charge in [-0.2, -0.15) is 0 Å². The number of aliphatic imine (C=N–C) groups is 1. The predicted molar refractivity (Wildman–Crippen MR) is 61.6 cm³/mol. The van der Waals surface area contributed by atoms with Crippen LogP contribution in [-0.4, -0.2) is 12.3 Å². The van der Waals surface area contributed by atoms with E-state index in [0.29, 0.717) is 5.92 Å². The van der Waals surface area contributed by atoms with E-state index < -0.39 is 0 Å². The van der Waals surface area contributed by atoms with Crippen molar-refractivity contribution in [1.29, 1.82) is 0 Å². The molecule has 2 rings (SSSR count). The molecule has 1 aliphatic carbocycles. The first-order valence-corrected chi connectivity index (χ1v) is 5.12. The average Bonchev–Trinajstić information content (AvgIpc) is 2.47. The van der Waals surface area contributed by atoms with Crippen LogP contribution in [0, 0.1) is 5.92 Å². The Morgan fingerprint density at radius 1 is 1.29 bits per heavy atom. The van der Waals surface area contributed by atoms with Gasteiger partial charge in [-0.3, -0.25) is 4.99 Å². The molecule has 0 radical (unpaired) electrons. The number of hydrogen-bond acceptors (Lipinski definition) is 1. The van der Waals surface area contributed by atoms with Crippen LogP contribution >= 0.6 is 0 Å². The van der Waals surface area contributed by atoms with E-state index in [9.17, 15) is 0 Å². The fourth-order valence-corrected chi connectivity index (χ4v) is 1.57. The smallest absolute Gasteiger partial charge is 0.0640 e. The van der Waals surface area contributed by atoms with E-state index in [4.69, 9.17) is 0 Å². The van der Waals surface area contributed by atoms with Gasteiger partial charge in [0.2, 0.25) is 0 Å². The van der Waals surface area contributed by atoms with Crippen molar-refractivity contribution in [2.24, 2.45) is 10.9 Å². The van der Waals surface area contributed by atoms with E-state index >= 15 is 0 Å². The number of allylic oxidation sites excluding steroid dienone is 7. The van der Waals surface area contributed by atoms with Crippen LogP contribution in [0.5, 0.6) is 0 Å². The van der Waals surface area contributed by atoms with Gasteiger partial charge < -0.3 is 0 Å². The lowest BCUT2D eigenvalue weighted by Gasteiger charge is -2.11. The zero-order valence-corrected chi connectivity index (χ0v) is 8.48. The van der Waals surface area contributed by atoms with Gasteiger partial charge in [-0.15, -0.1) is 0 Å². The lowest BCUT2D eigenvalue weighted by atomic mass is 10.0. The summed E-state index contributed by atoms with van der Waals surface area (Å²) in [6, 6.07) is 0. The van der Waals surface area contributed by atoms with Crippen molar-refractivity contribution in [1.82, 2.24) is 0 Å². The molecule has 1 nitrogen and oxygen atoms in total. The van der Waals surface area contributed by atoms with Gasteiger partial charge >= 0.3 is 0 Å². The number of nitrogens with zero attached hydrogens (tertiary/aromatic N) is 1. The van der Waals surface area contributed by atoms with E-state index in [0.717, 1.165) is 18.7 Å². The molecule has 2 aliphatic rings. The van der Waals surface area contributed by atoms with Crippen molar-refractivity contribution in [2.45, 2.75) is 13.3 Å². The number of hydrogen-bond donors (Lipinski definition) is 0. The van der Waals surface area contributed by atoms with Gasteiger partial charge in [-0.1, -0.05) is 43.4 Å². The lowest BCUT2D eigenvalue weighted by Crippen LogP contribution is -2.08. The highest BCUT2D eigenvalue weighted by molar-refractivity contribution is 6.10. The van der Waals surface area contributed by atoms with Crippen LogP contribution in [0.15, 0.2) is 53.1 Å². The summed E-state index contributed by atoms with van der Waals surface area (Å²) in [4.78, 5) is 4.56. The molecule has 0 amide bonds. The van der Waals surface area contributed by atoms with Gasteiger partial charge in [-0.25, -0.2) is 0 Å². The molecule has 0 saturated heterocycles. The average molecular weight is 185 g/mol. The normalized spacial score (nSPS) is 25.6. The molecular weight excluding hydrogens is 170 g/mol. The Morgan fingerprint density at radius 2 is 2.21 bits per heavy atom. The Hall–Kier alpha value is -1.37. The summed E-state index contributed by atoms with van der Waals surface area (Å²) in [7, 11) is 0. The molecule has 1 unspecified atom stereocenters. The van der Waals surface area contributed by atoms with Gasteiger partial charge in [0.15, 0.2) is 0 Å². The summed E-state index contributed by atoms with van der Waals surface area (Å²) >= 11 is 0. The topological polar surface area (TPSA) is 12.4 Å². The van der Waals surface area contributed by atoms with E-state index in [2.05, 4.69) is 54.4 Å². The molecule has 1 heterocycles. The highest BCUT2D eigenvalue weighted by Crippen LogP contribution is 2.13. The first-order valence-electron chi connectivity index (χ1n) is 5.12. The van der Waals surface area contributed by atoms with E-state index in [1.165, 1.54) is 5.57 Å². The monoisotopic (exact) mass is 185 g/mol. The van der Waals surface area contributed by atoms with Crippen molar-refractivity contribution in [3.63, 3.8) is 0 Å². The molecule has 72 valence electrons. The predicted octanol–water partition coefficient (Wildman–Crippen LogP) is 3.08. The van der Waals surface area contributed by atoms with E-state index in [-0.39, 0.29) is 0 Å². The van der Waals surface area contributed by atoms with Crippen molar-refractivity contribution >= 4 is 5.71 Å². The fraction of sp³-hybridized carbons (Fsp3) is 0.308. The molecule has 0 fully saturated rings. The third kappa shape index (κ3) is 2.11. The first kappa shape index (κ1) is 9.20. The van der Waals surface area contributed by atoms with E-state index in [1.54, 1.807) is 0 Å². The molecule has 0 aromatic carbocycles. The fourth-order valence-electron chi connectivity index (χ4n) is 1.57. The zero-order chi connectivity index (χ0) is 9.80. The van der Waals surface area contributed by atoms with Gasteiger partial charge in [-0.05, 0) is 24.0 Å². The SMILES string of the molecule is CC1C=CC(C2=CCC=CC=C2)=NC1. The standard InChI is InChI=1S/C13H15N/c1-11-8-9-13(14-10-11)12-6-4-2-3-5-7-12/h2-4,6-9,11H,5,10H2,1H3. The molecule has 0 saturated carbocycles. The largest absolute Gasteiger partial charge is 0.284 e. The Morgan fingerprint density at radius 3 is 3.00 bits per heavy atom. The van der Waals surface area contributed by atoms with Gasteiger partial charge in [0.1, 0.15) is 0 Å². The van der Waals surface area contributed by atoms with Crippen LogP contribution < -0.4 is 0 Å². The van der Waals surface area contributed by atoms with Crippen LogP contribution in [0.3, 0.4) is 0 Å². The third-order valence-corrected chi connectivity index (χ3v) is 2.42. The summed E-state index contributed by atoms with van der Waals surface area (Å²) in [6.07, 6.45) is 16.0. The van der Waals surface area contributed by atoms with Crippen molar-refractivity contribution in [2.75, 3.05) is 6.54 Å². The van der Waals surface area contributed by atoms with Crippen molar-refractivity contribution in [3.05, 3.63) is 48.1 Å². The van der Waals surface area contributed by atoms with E-state index in [1.807, 2.05) is 0 Å². The molecule has 1 aliphatic heterocycles. The van der Waals surface area contributed by atoms with Crippen LogP contribution in [0.4, 0.5) is 0 Å². The Bertz CT molecular complexity index is 353. The maximum absolute atomic E-state index is 4.56. The summed E-state index contributed by atoms with van der Waals surface area (Å²) in [5.41, 5.74) is 2.38. The Kier molecular flexibility index (Phi) is 2.78. The molecular formula is C13H15N. The van der Waals surface area contributed by atoms with Crippen molar-refractivity contribution in [3.8, 4) is 0 Å². The summed E-state index contributed by atoms with van der Waals surface area (Å²) in [5, 5.41) is 0. The quantitative estimate of drug-likeness (QED) is 0.595. The minimum atomic E-state index is 0.590. The maximum Gasteiger partial charge on any atom is 0.0640 e. The summed E-state index contributed by atoms with van der Waals surface area (Å²) < 4.78 is 0. The molecule has 1 heteroatoms. The summed E-state index contributed by atoms with van der Waals surface area (Å²) in [6.45, 7) is 3.11. The molecule has 0 bridgehead atoms. The third-order valence-electron chi connectivity index (χ3n) is 2.42. The molecule has 14 heavy (non-hydrogen) atoms. The first-order chi connectivity index (χ1) is 6.86. The van der Waals surface area contributed by atoms with Crippen LogP contribution in [0.1, 0.15) is 13.3 Å². The van der Waals surface area contributed by atoms with Gasteiger partial charge in [0, 0.05) is 6.54 Å². The summed E-state index contributed by atoms with van der Waals surface area (Å²) in [5.74, 6) is 0.590. The lowest BCUT2D eigenvalue weighted by molar-refractivity contribution is 0.734. The van der Waals surface area contributed by atoms with Crippen molar-refractivity contribution < 1.29 is 0 Å². The Labute approximate surface area is 85.2 Å². The molecule has 0 spiro atoms. The highest BCUT2D eigenvalue weighted by atomic mass is 14.7. The maximum atomic E-state index is 4.56. The minimum absolute atomic E-state index is 0.590. The van der Waals surface area contributed by atoms with Crippen LogP contribution in [0.25, 0.3) is 0 Å². The molecule has 0 N–H and O–H groups in total. The van der Waals surface area contributed by atoms with Crippen LogP contribution in [-0.2, 0) is 0 Å². The second-order valence-corrected chi connectivity index (χ2v) is 3.74. The van der Waals surface area contributed by atoms with Gasteiger partial charge in [0.05, 0.1) is 5.71 Å².